The number of nitrogens with zero attached hydrogens (tertiary/aromatic N) is 1. The smallest absolute Gasteiger partial charge is 0.243 e. The molecule has 3 aromatic carbocycles. The third-order valence-electron chi connectivity index (χ3n) is 4.84. The van der Waals surface area contributed by atoms with Crippen molar-refractivity contribution in [3.05, 3.63) is 93.5 Å². The van der Waals surface area contributed by atoms with Gasteiger partial charge in [0, 0.05) is 28.7 Å². The van der Waals surface area contributed by atoms with Crippen LogP contribution < -0.4 is 4.74 Å². The lowest BCUT2D eigenvalue weighted by Gasteiger charge is -2.23. The predicted octanol–water partition coefficient (Wildman–Crippen LogP) is 5.74. The van der Waals surface area contributed by atoms with Crippen molar-refractivity contribution in [2.24, 2.45) is 0 Å². The zero-order valence-electron chi connectivity index (χ0n) is 16.8. The molecule has 0 saturated carbocycles. The molecule has 7 heteroatoms. The van der Waals surface area contributed by atoms with Crippen molar-refractivity contribution >= 4 is 33.2 Å². The summed E-state index contributed by atoms with van der Waals surface area (Å²) in [5.74, 6) is 0.645. The molecule has 0 aromatic heterocycles. The summed E-state index contributed by atoms with van der Waals surface area (Å²) in [7, 11) is -2.15. The van der Waals surface area contributed by atoms with Crippen LogP contribution in [0.15, 0.2) is 71.6 Å². The Morgan fingerprint density at radius 1 is 0.933 bits per heavy atom. The van der Waals surface area contributed by atoms with E-state index in [2.05, 4.69) is 0 Å². The normalized spacial score (nSPS) is 11.6. The van der Waals surface area contributed by atoms with E-state index in [1.54, 1.807) is 43.5 Å². The molecule has 0 aliphatic heterocycles. The summed E-state index contributed by atoms with van der Waals surface area (Å²) in [6, 6.07) is 19.5. The zero-order chi connectivity index (χ0) is 21.7. The van der Waals surface area contributed by atoms with E-state index in [9.17, 15) is 8.42 Å². The number of rotatable bonds is 8. The van der Waals surface area contributed by atoms with Crippen LogP contribution in [0, 0.1) is 6.92 Å². The van der Waals surface area contributed by atoms with E-state index in [4.69, 9.17) is 27.9 Å². The highest BCUT2D eigenvalue weighted by Crippen LogP contribution is 2.26. The third kappa shape index (κ3) is 5.35. The van der Waals surface area contributed by atoms with Gasteiger partial charge in [-0.3, -0.25) is 0 Å². The van der Waals surface area contributed by atoms with Gasteiger partial charge in [0.05, 0.1) is 12.0 Å². The Morgan fingerprint density at radius 2 is 1.63 bits per heavy atom. The summed E-state index contributed by atoms with van der Waals surface area (Å²) in [5, 5.41) is 1.06. The average Bonchev–Trinajstić information content (AvgIpc) is 2.72. The maximum absolute atomic E-state index is 13.4. The SMILES string of the molecule is COc1ccccc1CN(CCc1ccc(Cl)cc1Cl)S(=O)(=O)c1ccc(C)cc1. The van der Waals surface area contributed by atoms with Crippen molar-refractivity contribution in [2.75, 3.05) is 13.7 Å². The summed E-state index contributed by atoms with van der Waals surface area (Å²) >= 11 is 12.3. The number of ether oxygens (including phenoxy) is 1. The number of methoxy groups -OCH3 is 1. The number of benzene rings is 3. The van der Waals surface area contributed by atoms with E-state index in [-0.39, 0.29) is 18.0 Å². The van der Waals surface area contributed by atoms with E-state index < -0.39 is 10.0 Å². The molecule has 0 heterocycles. The topological polar surface area (TPSA) is 46.6 Å². The molecule has 30 heavy (non-hydrogen) atoms. The van der Waals surface area contributed by atoms with Gasteiger partial charge in [0.1, 0.15) is 5.75 Å². The van der Waals surface area contributed by atoms with Crippen LogP contribution >= 0.6 is 23.2 Å². The Bertz CT molecular complexity index is 1120. The van der Waals surface area contributed by atoms with Gasteiger partial charge in [0.15, 0.2) is 0 Å². The Morgan fingerprint density at radius 3 is 2.30 bits per heavy atom. The minimum absolute atomic E-state index is 0.186. The van der Waals surface area contributed by atoms with Gasteiger partial charge in [-0.25, -0.2) is 8.42 Å². The van der Waals surface area contributed by atoms with Crippen molar-refractivity contribution < 1.29 is 13.2 Å². The number of aryl methyl sites for hydroxylation is 1. The maximum Gasteiger partial charge on any atom is 0.243 e. The molecule has 0 aliphatic carbocycles. The molecule has 4 nitrogen and oxygen atoms in total. The monoisotopic (exact) mass is 463 g/mol. The summed E-state index contributed by atoms with van der Waals surface area (Å²) in [6.07, 6.45) is 0.455. The maximum atomic E-state index is 13.4. The van der Waals surface area contributed by atoms with E-state index in [1.807, 2.05) is 37.3 Å². The lowest BCUT2D eigenvalue weighted by atomic mass is 10.1. The van der Waals surface area contributed by atoms with Gasteiger partial charge in [-0.1, -0.05) is 65.2 Å². The molecule has 0 amide bonds. The predicted molar refractivity (Wildman–Crippen MR) is 122 cm³/mol. The van der Waals surface area contributed by atoms with Crippen molar-refractivity contribution in [3.8, 4) is 5.75 Å². The molecule has 0 unspecified atom stereocenters. The summed E-state index contributed by atoms with van der Waals surface area (Å²) in [6.45, 7) is 2.37. The first-order valence-corrected chi connectivity index (χ1v) is 11.6. The van der Waals surface area contributed by atoms with Crippen LogP contribution in [0.3, 0.4) is 0 Å². The average molecular weight is 464 g/mol. The third-order valence-corrected chi connectivity index (χ3v) is 7.29. The van der Waals surface area contributed by atoms with Gasteiger partial charge in [-0.15, -0.1) is 0 Å². The molecule has 0 spiro atoms. The van der Waals surface area contributed by atoms with E-state index in [0.717, 1.165) is 16.7 Å². The second-order valence-electron chi connectivity index (χ2n) is 6.95. The molecule has 0 radical (unpaired) electrons. The van der Waals surface area contributed by atoms with Gasteiger partial charge in [0.25, 0.3) is 0 Å². The quantitative estimate of drug-likeness (QED) is 0.427. The van der Waals surface area contributed by atoms with Crippen LogP contribution in [-0.2, 0) is 23.0 Å². The van der Waals surface area contributed by atoms with Crippen molar-refractivity contribution in [3.63, 3.8) is 0 Å². The first-order chi connectivity index (χ1) is 14.3. The van der Waals surface area contributed by atoms with Crippen LogP contribution in [0.1, 0.15) is 16.7 Å². The van der Waals surface area contributed by atoms with Crippen LogP contribution in [-0.4, -0.2) is 26.4 Å². The van der Waals surface area contributed by atoms with Crippen molar-refractivity contribution in [2.45, 2.75) is 24.8 Å². The van der Waals surface area contributed by atoms with E-state index in [0.29, 0.717) is 22.2 Å². The number of halogens is 2. The van der Waals surface area contributed by atoms with E-state index >= 15 is 0 Å². The number of para-hydroxylation sites is 1. The minimum Gasteiger partial charge on any atom is -0.496 e. The number of hydrogen-bond acceptors (Lipinski definition) is 3. The summed E-state index contributed by atoms with van der Waals surface area (Å²) < 4.78 is 33.8. The van der Waals surface area contributed by atoms with Crippen LogP contribution in [0.4, 0.5) is 0 Å². The molecular weight excluding hydrogens is 441 g/mol. The Labute approximate surface area is 188 Å². The molecule has 0 N–H and O–H groups in total. The van der Waals surface area contributed by atoms with Crippen LogP contribution in [0.25, 0.3) is 0 Å². The summed E-state index contributed by atoms with van der Waals surface area (Å²) in [4.78, 5) is 0.255. The fourth-order valence-corrected chi connectivity index (χ4v) is 5.06. The van der Waals surface area contributed by atoms with Crippen LogP contribution in [0.2, 0.25) is 10.0 Å². The minimum atomic E-state index is -3.72. The highest BCUT2D eigenvalue weighted by atomic mass is 35.5. The molecular formula is C23H23Cl2NO3S. The number of hydrogen-bond donors (Lipinski definition) is 0. The highest BCUT2D eigenvalue weighted by Gasteiger charge is 2.25. The summed E-state index contributed by atoms with van der Waals surface area (Å²) in [5.41, 5.74) is 2.63. The van der Waals surface area contributed by atoms with Gasteiger partial charge in [-0.05, 0) is 49.2 Å². The van der Waals surface area contributed by atoms with Gasteiger partial charge in [-0.2, -0.15) is 4.31 Å². The molecule has 0 saturated heterocycles. The second-order valence-corrected chi connectivity index (χ2v) is 9.73. The molecule has 0 atom stereocenters. The lowest BCUT2D eigenvalue weighted by molar-refractivity contribution is 0.380. The standard InChI is InChI=1S/C23H23Cl2NO3S/c1-17-7-11-21(12-8-17)30(27,28)26(16-19-5-3-4-6-23(19)29-2)14-13-18-9-10-20(24)15-22(18)25/h3-12,15H,13-14,16H2,1-2H3. The Kier molecular flexibility index (Phi) is 7.42. The second kappa shape index (κ2) is 9.84. The Balaban J connectivity index is 1.94. The van der Waals surface area contributed by atoms with Crippen molar-refractivity contribution in [1.29, 1.82) is 0 Å². The first-order valence-electron chi connectivity index (χ1n) is 9.44. The Hall–Kier alpha value is -2.05. The fourth-order valence-electron chi connectivity index (χ4n) is 3.14. The van der Waals surface area contributed by atoms with Gasteiger partial charge >= 0.3 is 0 Å². The zero-order valence-corrected chi connectivity index (χ0v) is 19.1. The molecule has 0 aliphatic rings. The van der Waals surface area contributed by atoms with Crippen molar-refractivity contribution in [1.82, 2.24) is 4.31 Å². The molecule has 158 valence electrons. The van der Waals surface area contributed by atoms with E-state index in [1.165, 1.54) is 4.31 Å². The van der Waals surface area contributed by atoms with Gasteiger partial charge < -0.3 is 4.74 Å². The number of sulfonamides is 1. The molecule has 3 aromatic rings. The lowest BCUT2D eigenvalue weighted by Crippen LogP contribution is -2.32. The highest BCUT2D eigenvalue weighted by molar-refractivity contribution is 7.89. The first kappa shape index (κ1) is 22.6. The van der Waals surface area contributed by atoms with Gasteiger partial charge in [0.2, 0.25) is 10.0 Å². The fraction of sp³-hybridized carbons (Fsp3) is 0.217. The largest absolute Gasteiger partial charge is 0.496 e. The molecule has 0 fully saturated rings. The molecule has 3 rings (SSSR count). The molecule has 0 bridgehead atoms. The van der Waals surface area contributed by atoms with Crippen LogP contribution in [0.5, 0.6) is 5.75 Å².